The van der Waals surface area contributed by atoms with Crippen LogP contribution in [0.4, 0.5) is 13.2 Å². The molecule has 4 rings (SSSR count). The van der Waals surface area contributed by atoms with E-state index in [-0.39, 0.29) is 11.9 Å². The zero-order chi connectivity index (χ0) is 24.1. The Balaban J connectivity index is 1.68. The number of rotatable bonds is 9. The number of alkyl halides is 3. The molecule has 1 heterocycles. The van der Waals surface area contributed by atoms with Gasteiger partial charge in [-0.2, -0.15) is 0 Å². The summed E-state index contributed by atoms with van der Waals surface area (Å²) in [6, 6.07) is 21.6. The van der Waals surface area contributed by atoms with E-state index in [0.29, 0.717) is 6.54 Å². The zero-order valence-corrected chi connectivity index (χ0v) is 19.7. The van der Waals surface area contributed by atoms with Crippen molar-refractivity contribution in [2.45, 2.75) is 44.2 Å². The summed E-state index contributed by atoms with van der Waals surface area (Å²) in [5.41, 5.74) is 2.63. The van der Waals surface area contributed by atoms with Crippen molar-refractivity contribution in [1.82, 2.24) is 9.55 Å². The molecule has 0 fully saturated rings. The fraction of sp³-hybridized carbons (Fsp3) is 0.269. The van der Waals surface area contributed by atoms with Crippen LogP contribution in [0.25, 0.3) is 11.0 Å². The Hall–Kier alpha value is -3.13. The van der Waals surface area contributed by atoms with E-state index in [1.54, 1.807) is 23.9 Å². The summed E-state index contributed by atoms with van der Waals surface area (Å²) >= 11 is 1.78. The normalized spacial score (nSPS) is 12.6. The second-order valence-electron chi connectivity index (χ2n) is 7.82. The number of fused-ring (bicyclic) bond motifs is 1. The zero-order valence-electron chi connectivity index (χ0n) is 18.9. The third kappa shape index (κ3) is 6.05. The highest BCUT2D eigenvalue weighted by molar-refractivity contribution is 7.99. The molecule has 0 aliphatic rings. The van der Waals surface area contributed by atoms with Crippen molar-refractivity contribution in [3.8, 4) is 11.5 Å². The lowest BCUT2D eigenvalue weighted by atomic mass is 10.2. The molecule has 0 spiro atoms. The van der Waals surface area contributed by atoms with Gasteiger partial charge in [-0.1, -0.05) is 37.3 Å². The molecular formula is C26H25F3N2O2S. The summed E-state index contributed by atoms with van der Waals surface area (Å²) in [7, 11) is 0. The second-order valence-corrected chi connectivity index (χ2v) is 8.99. The van der Waals surface area contributed by atoms with Gasteiger partial charge in [-0.25, -0.2) is 4.98 Å². The van der Waals surface area contributed by atoms with Crippen LogP contribution in [0.15, 0.2) is 77.7 Å². The number of benzene rings is 3. The molecule has 0 radical (unpaired) electrons. The van der Waals surface area contributed by atoms with Gasteiger partial charge in [0.2, 0.25) is 0 Å². The van der Waals surface area contributed by atoms with E-state index in [1.807, 2.05) is 43.3 Å². The first-order valence-corrected chi connectivity index (χ1v) is 12.0. The summed E-state index contributed by atoms with van der Waals surface area (Å²) < 4.78 is 49.8. The molecule has 4 aromatic rings. The number of para-hydroxylation sites is 1. The minimum absolute atomic E-state index is 0.244. The maximum atomic E-state index is 12.5. The van der Waals surface area contributed by atoms with Crippen LogP contribution < -0.4 is 9.47 Å². The number of aromatic nitrogens is 2. The molecule has 0 N–H and O–H groups in total. The van der Waals surface area contributed by atoms with Crippen molar-refractivity contribution in [3.05, 3.63) is 84.2 Å². The van der Waals surface area contributed by atoms with Crippen molar-refractivity contribution in [3.63, 3.8) is 0 Å². The highest BCUT2D eigenvalue weighted by atomic mass is 32.2. The van der Waals surface area contributed by atoms with Gasteiger partial charge in [0.1, 0.15) is 11.5 Å². The summed E-state index contributed by atoms with van der Waals surface area (Å²) in [5, 5.41) is 0. The lowest BCUT2D eigenvalue weighted by Gasteiger charge is -2.17. The summed E-state index contributed by atoms with van der Waals surface area (Å²) in [4.78, 5) is 5.99. The Bertz CT molecular complexity index is 1220. The number of ether oxygens (including phenoxy) is 2. The number of thioether (sulfide) groups is 1. The van der Waals surface area contributed by atoms with Crippen LogP contribution in [0.2, 0.25) is 0 Å². The second kappa shape index (κ2) is 10.4. The first kappa shape index (κ1) is 24.0. The van der Waals surface area contributed by atoms with Crippen LogP contribution >= 0.6 is 11.8 Å². The van der Waals surface area contributed by atoms with Crippen LogP contribution in [0, 0.1) is 0 Å². The number of halogens is 3. The average molecular weight is 487 g/mol. The summed E-state index contributed by atoms with van der Waals surface area (Å²) in [5.74, 6) is 2.25. The minimum atomic E-state index is -4.72. The first-order valence-electron chi connectivity index (χ1n) is 11.0. The Morgan fingerprint density at radius 3 is 2.38 bits per heavy atom. The maximum absolute atomic E-state index is 12.5. The van der Waals surface area contributed by atoms with E-state index in [9.17, 15) is 13.2 Å². The Morgan fingerprint density at radius 2 is 1.71 bits per heavy atom. The van der Waals surface area contributed by atoms with Gasteiger partial charge in [-0.15, -0.1) is 24.9 Å². The van der Waals surface area contributed by atoms with Gasteiger partial charge < -0.3 is 14.0 Å². The largest absolute Gasteiger partial charge is 0.573 e. The Kier molecular flexibility index (Phi) is 7.36. The van der Waals surface area contributed by atoms with Crippen molar-refractivity contribution < 1.29 is 22.6 Å². The lowest BCUT2D eigenvalue weighted by Crippen LogP contribution is -2.17. The van der Waals surface area contributed by atoms with Crippen molar-refractivity contribution in [2.75, 3.05) is 5.75 Å². The molecule has 34 heavy (non-hydrogen) atoms. The highest BCUT2D eigenvalue weighted by Gasteiger charge is 2.31. The third-order valence-electron chi connectivity index (χ3n) is 5.14. The maximum Gasteiger partial charge on any atom is 0.573 e. The van der Waals surface area contributed by atoms with Crippen LogP contribution in [0.3, 0.4) is 0 Å². The number of hydrogen-bond donors (Lipinski definition) is 0. The van der Waals surface area contributed by atoms with E-state index in [2.05, 4.69) is 28.4 Å². The minimum Gasteiger partial charge on any atom is -0.483 e. The Morgan fingerprint density at radius 1 is 0.971 bits per heavy atom. The van der Waals surface area contributed by atoms with Crippen LogP contribution in [-0.2, 0) is 6.54 Å². The van der Waals surface area contributed by atoms with Gasteiger partial charge >= 0.3 is 6.36 Å². The number of hydrogen-bond acceptors (Lipinski definition) is 4. The molecule has 0 bridgehead atoms. The quantitative estimate of drug-likeness (QED) is 0.228. The van der Waals surface area contributed by atoms with E-state index < -0.39 is 6.36 Å². The standard InChI is InChI=1S/C26H25F3N2O2S/c1-3-15-34-22-13-14-23-24(16-22)31(17-19-9-11-21(12-10-19)33-26(27,28)29)25(30-23)18(2)32-20-7-5-4-6-8-20/h4-14,16,18H,3,15,17H2,1-2H3. The number of imidazole rings is 1. The molecular weight excluding hydrogens is 461 g/mol. The molecule has 0 aliphatic carbocycles. The topological polar surface area (TPSA) is 36.3 Å². The monoisotopic (exact) mass is 486 g/mol. The van der Waals surface area contributed by atoms with E-state index in [4.69, 9.17) is 9.72 Å². The highest BCUT2D eigenvalue weighted by Crippen LogP contribution is 2.30. The van der Waals surface area contributed by atoms with Gasteiger partial charge in [0.05, 0.1) is 11.0 Å². The summed E-state index contributed by atoms with van der Waals surface area (Å²) in [6.45, 7) is 4.52. The molecule has 3 aromatic carbocycles. The predicted molar refractivity (Wildman–Crippen MR) is 128 cm³/mol. The van der Waals surface area contributed by atoms with Gasteiger partial charge in [0, 0.05) is 11.4 Å². The predicted octanol–water partition coefficient (Wildman–Crippen LogP) is 7.63. The SMILES string of the molecule is CCCSc1ccc2nc(C(C)Oc3ccccc3)n(Cc3ccc(OC(F)(F)F)cc3)c2c1. The third-order valence-corrected chi connectivity index (χ3v) is 6.34. The molecule has 1 aromatic heterocycles. The van der Waals surface area contributed by atoms with Crippen LogP contribution in [-0.4, -0.2) is 21.7 Å². The van der Waals surface area contributed by atoms with E-state index in [1.165, 1.54) is 12.1 Å². The molecule has 8 heteroatoms. The van der Waals surface area contributed by atoms with E-state index >= 15 is 0 Å². The smallest absolute Gasteiger partial charge is 0.483 e. The molecule has 178 valence electrons. The van der Waals surface area contributed by atoms with Gasteiger partial charge in [-0.05, 0) is 67.1 Å². The van der Waals surface area contributed by atoms with Crippen LogP contribution in [0.5, 0.6) is 11.5 Å². The summed E-state index contributed by atoms with van der Waals surface area (Å²) in [6.07, 6.45) is -3.98. The fourth-order valence-electron chi connectivity index (χ4n) is 3.64. The van der Waals surface area contributed by atoms with Gasteiger partial charge in [0.15, 0.2) is 11.9 Å². The van der Waals surface area contributed by atoms with Crippen molar-refractivity contribution in [1.29, 1.82) is 0 Å². The molecule has 0 amide bonds. The van der Waals surface area contributed by atoms with Gasteiger partial charge in [-0.3, -0.25) is 0 Å². The molecule has 0 aliphatic heterocycles. The average Bonchev–Trinajstić information content (AvgIpc) is 3.16. The lowest BCUT2D eigenvalue weighted by molar-refractivity contribution is -0.274. The van der Waals surface area contributed by atoms with Crippen LogP contribution in [0.1, 0.15) is 37.8 Å². The van der Waals surface area contributed by atoms with E-state index in [0.717, 1.165) is 45.2 Å². The first-order chi connectivity index (χ1) is 16.3. The fourth-order valence-corrected chi connectivity index (χ4v) is 4.44. The van der Waals surface area contributed by atoms with Crippen molar-refractivity contribution >= 4 is 22.8 Å². The molecule has 0 saturated carbocycles. The molecule has 1 atom stereocenters. The van der Waals surface area contributed by atoms with Crippen molar-refractivity contribution in [2.24, 2.45) is 0 Å². The molecule has 4 nitrogen and oxygen atoms in total. The number of nitrogens with zero attached hydrogens (tertiary/aromatic N) is 2. The molecule has 0 saturated heterocycles. The Labute approximate surface area is 200 Å². The molecule has 1 unspecified atom stereocenters. The van der Waals surface area contributed by atoms with Gasteiger partial charge in [0.25, 0.3) is 0 Å².